The van der Waals surface area contributed by atoms with Crippen LogP contribution in [0.15, 0.2) is 36.5 Å². The highest BCUT2D eigenvalue weighted by Gasteiger charge is 2.23. The summed E-state index contributed by atoms with van der Waals surface area (Å²) < 4.78 is 4.77. The Labute approximate surface area is 169 Å². The highest BCUT2D eigenvalue weighted by Crippen LogP contribution is 2.20. The predicted molar refractivity (Wildman–Crippen MR) is 107 cm³/mol. The number of amides is 1. The molecule has 1 N–H and O–H groups in total. The number of methoxy groups -OCH3 is 1. The topological polar surface area (TPSA) is 84.4 Å². The van der Waals surface area contributed by atoms with Crippen molar-refractivity contribution in [2.45, 2.75) is 31.7 Å². The zero-order valence-corrected chi connectivity index (χ0v) is 16.5. The van der Waals surface area contributed by atoms with Crippen LogP contribution in [-0.2, 0) is 16.0 Å². The average Bonchev–Trinajstić information content (AvgIpc) is 3.23. The number of nitrogens with zero attached hydrogens (tertiary/aromatic N) is 3. The van der Waals surface area contributed by atoms with Gasteiger partial charge in [0.15, 0.2) is 5.69 Å². The highest BCUT2D eigenvalue weighted by atomic mass is 35.5. The molecule has 2 aromatic rings. The third-order valence-electron chi connectivity index (χ3n) is 4.64. The highest BCUT2D eigenvalue weighted by molar-refractivity contribution is 6.33. The van der Waals surface area contributed by atoms with Crippen LogP contribution in [0.25, 0.3) is 0 Å². The lowest BCUT2D eigenvalue weighted by Gasteiger charge is -2.19. The van der Waals surface area contributed by atoms with Crippen molar-refractivity contribution in [2.75, 3.05) is 25.1 Å². The van der Waals surface area contributed by atoms with E-state index in [-0.39, 0.29) is 17.1 Å². The number of esters is 1. The molecule has 1 aromatic carbocycles. The largest absolute Gasteiger partial charge is 0.469 e. The van der Waals surface area contributed by atoms with Crippen LogP contribution in [0.1, 0.15) is 35.3 Å². The van der Waals surface area contributed by atoms with Crippen LogP contribution in [-0.4, -0.2) is 48.1 Å². The molecular formula is C20H23ClN4O3. The van der Waals surface area contributed by atoms with Crippen LogP contribution in [0.3, 0.4) is 0 Å². The average molecular weight is 403 g/mol. The summed E-state index contributed by atoms with van der Waals surface area (Å²) in [6.07, 6.45) is 4.14. The Morgan fingerprint density at radius 2 is 1.96 bits per heavy atom. The van der Waals surface area contributed by atoms with Gasteiger partial charge in [-0.05, 0) is 24.8 Å². The molecule has 0 spiro atoms. The normalized spacial score (nSPS) is 14.6. The standard InChI is InChI=1S/C20H23ClN4O3/c1-28-17(26)12-15(11-14-7-3-2-4-8-14)23-19(27)18-16(21)13-22-20(24-18)25-9-5-6-10-25/h2-4,7-8,13,15H,5-6,9-12H2,1H3,(H,23,27)/t15-/m0/s1. The molecule has 8 heteroatoms. The maximum atomic E-state index is 12.8. The zero-order chi connectivity index (χ0) is 19.9. The number of hydrogen-bond acceptors (Lipinski definition) is 6. The minimum absolute atomic E-state index is 0.0544. The molecule has 0 unspecified atom stereocenters. The molecule has 1 amide bonds. The summed E-state index contributed by atoms with van der Waals surface area (Å²) >= 11 is 6.18. The molecule has 1 fully saturated rings. The first kappa shape index (κ1) is 20.1. The van der Waals surface area contributed by atoms with E-state index in [1.165, 1.54) is 13.3 Å². The number of benzene rings is 1. The summed E-state index contributed by atoms with van der Waals surface area (Å²) in [5.74, 6) is -0.329. The molecule has 0 radical (unpaired) electrons. The van der Waals surface area contributed by atoms with Crippen molar-refractivity contribution in [1.82, 2.24) is 15.3 Å². The minimum Gasteiger partial charge on any atom is -0.469 e. The van der Waals surface area contributed by atoms with E-state index in [2.05, 4.69) is 15.3 Å². The number of aromatic nitrogens is 2. The van der Waals surface area contributed by atoms with E-state index in [1.54, 1.807) is 0 Å². The Hall–Kier alpha value is -2.67. The number of rotatable bonds is 7. The van der Waals surface area contributed by atoms with Gasteiger partial charge in [-0.25, -0.2) is 9.97 Å². The first-order valence-electron chi connectivity index (χ1n) is 9.26. The molecule has 1 aliphatic rings. The van der Waals surface area contributed by atoms with Crippen molar-refractivity contribution in [3.8, 4) is 0 Å². The Morgan fingerprint density at radius 3 is 2.64 bits per heavy atom. The third kappa shape index (κ3) is 5.19. The van der Waals surface area contributed by atoms with Crippen molar-refractivity contribution in [2.24, 2.45) is 0 Å². The molecule has 2 heterocycles. The Kier molecular flexibility index (Phi) is 6.81. The van der Waals surface area contributed by atoms with Crippen molar-refractivity contribution < 1.29 is 14.3 Å². The second-order valence-corrected chi connectivity index (χ2v) is 7.11. The lowest BCUT2D eigenvalue weighted by molar-refractivity contribution is -0.141. The van der Waals surface area contributed by atoms with Gasteiger partial charge in [-0.1, -0.05) is 41.9 Å². The van der Waals surface area contributed by atoms with Crippen molar-refractivity contribution >= 4 is 29.4 Å². The second kappa shape index (κ2) is 9.50. The molecule has 148 valence electrons. The summed E-state index contributed by atoms with van der Waals surface area (Å²) in [6.45, 7) is 1.73. The van der Waals surface area contributed by atoms with Gasteiger partial charge in [0.05, 0.1) is 24.8 Å². The number of nitrogens with one attached hydrogen (secondary N) is 1. The maximum absolute atomic E-state index is 12.8. The summed E-state index contributed by atoms with van der Waals surface area (Å²) in [4.78, 5) is 35.3. The van der Waals surface area contributed by atoms with Gasteiger partial charge in [-0.15, -0.1) is 0 Å². The number of hydrogen-bond donors (Lipinski definition) is 1. The molecule has 1 atom stereocenters. The van der Waals surface area contributed by atoms with E-state index in [9.17, 15) is 9.59 Å². The third-order valence-corrected chi connectivity index (χ3v) is 4.91. The molecule has 0 aliphatic carbocycles. The van der Waals surface area contributed by atoms with Gasteiger partial charge in [0.25, 0.3) is 5.91 Å². The molecule has 0 bridgehead atoms. The zero-order valence-electron chi connectivity index (χ0n) is 15.7. The molecule has 3 rings (SSSR count). The molecule has 0 saturated carbocycles. The molecule has 28 heavy (non-hydrogen) atoms. The molecular weight excluding hydrogens is 380 g/mol. The van der Waals surface area contributed by atoms with Crippen LogP contribution in [0, 0.1) is 0 Å². The second-order valence-electron chi connectivity index (χ2n) is 6.70. The van der Waals surface area contributed by atoms with E-state index in [0.29, 0.717) is 12.4 Å². The smallest absolute Gasteiger partial charge is 0.307 e. The fourth-order valence-electron chi connectivity index (χ4n) is 3.20. The molecule has 7 nitrogen and oxygen atoms in total. The number of ether oxygens (including phenoxy) is 1. The monoisotopic (exact) mass is 402 g/mol. The van der Waals surface area contributed by atoms with E-state index in [4.69, 9.17) is 16.3 Å². The van der Waals surface area contributed by atoms with E-state index < -0.39 is 17.9 Å². The predicted octanol–water partition coefficient (Wildman–Crippen LogP) is 2.63. The fourth-order valence-corrected chi connectivity index (χ4v) is 3.37. The van der Waals surface area contributed by atoms with E-state index in [1.807, 2.05) is 35.2 Å². The van der Waals surface area contributed by atoms with Crippen LogP contribution in [0.2, 0.25) is 5.02 Å². The summed E-state index contributed by atoms with van der Waals surface area (Å²) in [5.41, 5.74) is 1.12. The lowest BCUT2D eigenvalue weighted by Crippen LogP contribution is -2.39. The van der Waals surface area contributed by atoms with Gasteiger partial charge in [-0.3, -0.25) is 9.59 Å². The van der Waals surface area contributed by atoms with Gasteiger partial charge >= 0.3 is 5.97 Å². The fraction of sp³-hybridized carbons (Fsp3) is 0.400. The number of halogens is 1. The van der Waals surface area contributed by atoms with Crippen LogP contribution >= 0.6 is 11.6 Å². The number of anilines is 1. The summed E-state index contributed by atoms with van der Waals surface area (Å²) in [6, 6.07) is 9.19. The lowest BCUT2D eigenvalue weighted by atomic mass is 10.0. The van der Waals surface area contributed by atoms with Crippen LogP contribution in [0.5, 0.6) is 0 Å². The molecule has 1 aromatic heterocycles. The van der Waals surface area contributed by atoms with Crippen LogP contribution < -0.4 is 10.2 Å². The van der Waals surface area contributed by atoms with Gasteiger partial charge < -0.3 is 15.0 Å². The Morgan fingerprint density at radius 1 is 1.25 bits per heavy atom. The van der Waals surface area contributed by atoms with Gasteiger partial charge in [0, 0.05) is 19.1 Å². The van der Waals surface area contributed by atoms with Gasteiger partial charge in [-0.2, -0.15) is 0 Å². The van der Waals surface area contributed by atoms with Gasteiger partial charge in [0.1, 0.15) is 0 Å². The van der Waals surface area contributed by atoms with E-state index in [0.717, 1.165) is 31.5 Å². The number of carbonyl (C=O) groups is 2. The molecule has 1 saturated heterocycles. The quantitative estimate of drug-likeness (QED) is 0.717. The first-order chi connectivity index (χ1) is 13.6. The Bertz CT molecular complexity index is 825. The minimum atomic E-state index is -0.441. The Balaban J connectivity index is 1.76. The number of carbonyl (C=O) groups excluding carboxylic acids is 2. The van der Waals surface area contributed by atoms with Gasteiger partial charge in [0.2, 0.25) is 5.95 Å². The van der Waals surface area contributed by atoms with E-state index >= 15 is 0 Å². The summed E-state index contributed by atoms with van der Waals surface area (Å²) in [7, 11) is 1.33. The molecule has 1 aliphatic heterocycles. The first-order valence-corrected chi connectivity index (χ1v) is 9.63. The summed E-state index contributed by atoms with van der Waals surface area (Å²) in [5, 5.41) is 3.05. The van der Waals surface area contributed by atoms with Crippen LogP contribution in [0.4, 0.5) is 5.95 Å². The van der Waals surface area contributed by atoms with Crippen molar-refractivity contribution in [3.63, 3.8) is 0 Å². The SMILES string of the molecule is COC(=O)C[C@H](Cc1ccccc1)NC(=O)c1nc(N2CCCC2)ncc1Cl. The van der Waals surface area contributed by atoms with Crippen molar-refractivity contribution in [3.05, 3.63) is 52.8 Å². The van der Waals surface area contributed by atoms with Crippen molar-refractivity contribution in [1.29, 1.82) is 0 Å². The maximum Gasteiger partial charge on any atom is 0.307 e.